The van der Waals surface area contributed by atoms with E-state index in [-0.39, 0.29) is 16.3 Å². The summed E-state index contributed by atoms with van der Waals surface area (Å²) in [6, 6.07) is 6.58. The number of hydrogen-bond donors (Lipinski definition) is 2. The number of anilines is 1. The molecule has 0 aliphatic carbocycles. The Morgan fingerprint density at radius 3 is 2.42 bits per heavy atom. The quantitative estimate of drug-likeness (QED) is 0.823. The lowest BCUT2D eigenvalue weighted by molar-refractivity contribution is -0.0498. The summed E-state index contributed by atoms with van der Waals surface area (Å²) in [5.74, 6) is -0.582. The van der Waals surface area contributed by atoms with Gasteiger partial charge in [-0.25, -0.2) is 13.1 Å². The van der Waals surface area contributed by atoms with E-state index in [0.29, 0.717) is 5.69 Å². The fraction of sp³-hybridized carbons (Fsp3) is 0.214. The Labute approximate surface area is 137 Å². The molecule has 2 aromatic rings. The number of aryl methyl sites for hydroxylation is 1. The van der Waals surface area contributed by atoms with E-state index in [4.69, 9.17) is 0 Å². The number of carbonyl (C=O) groups excluding carboxylic acids is 1. The molecule has 0 fully saturated rings. The minimum atomic E-state index is -3.66. The highest BCUT2D eigenvalue weighted by Gasteiger charge is 2.19. The summed E-state index contributed by atoms with van der Waals surface area (Å²) in [5, 5.41) is 2.54. The molecule has 130 valence electrons. The molecule has 24 heavy (non-hydrogen) atoms. The van der Waals surface area contributed by atoms with Crippen molar-refractivity contribution < 1.29 is 26.7 Å². The van der Waals surface area contributed by atoms with Crippen molar-refractivity contribution in [3.05, 3.63) is 42.2 Å². The Bertz CT molecular complexity index is 832. The number of halogens is 2. The van der Waals surface area contributed by atoms with Gasteiger partial charge in [0.15, 0.2) is 0 Å². The van der Waals surface area contributed by atoms with Crippen LogP contribution in [0.2, 0.25) is 0 Å². The molecule has 0 radical (unpaired) electrons. The average molecular weight is 359 g/mol. The van der Waals surface area contributed by atoms with Gasteiger partial charge >= 0.3 is 6.61 Å². The maximum atomic E-state index is 12.2. The lowest BCUT2D eigenvalue weighted by Gasteiger charge is -2.08. The number of sulfonamides is 1. The van der Waals surface area contributed by atoms with Crippen LogP contribution in [0.1, 0.15) is 10.5 Å². The number of aromatic nitrogens is 1. The van der Waals surface area contributed by atoms with Gasteiger partial charge < -0.3 is 14.6 Å². The molecule has 1 aromatic carbocycles. The van der Waals surface area contributed by atoms with Crippen LogP contribution in [0.5, 0.6) is 5.75 Å². The Balaban J connectivity index is 2.15. The second-order valence-corrected chi connectivity index (χ2v) is 6.62. The van der Waals surface area contributed by atoms with Crippen LogP contribution >= 0.6 is 0 Å². The monoisotopic (exact) mass is 359 g/mol. The van der Waals surface area contributed by atoms with E-state index in [1.165, 1.54) is 55.2 Å². The molecule has 1 aromatic heterocycles. The van der Waals surface area contributed by atoms with Crippen LogP contribution in [0, 0.1) is 0 Å². The van der Waals surface area contributed by atoms with E-state index in [9.17, 15) is 22.0 Å². The topological polar surface area (TPSA) is 89.4 Å². The number of alkyl halides is 2. The number of nitrogens with one attached hydrogen (secondary N) is 2. The van der Waals surface area contributed by atoms with Gasteiger partial charge in [-0.2, -0.15) is 8.78 Å². The zero-order valence-corrected chi connectivity index (χ0v) is 13.6. The second kappa shape index (κ2) is 6.97. The van der Waals surface area contributed by atoms with Crippen LogP contribution in [0.15, 0.2) is 41.4 Å². The lowest BCUT2D eigenvalue weighted by Crippen LogP contribution is -2.18. The molecule has 0 saturated carbocycles. The molecule has 0 atom stereocenters. The number of amides is 1. The van der Waals surface area contributed by atoms with E-state index >= 15 is 0 Å². The van der Waals surface area contributed by atoms with Crippen molar-refractivity contribution in [1.82, 2.24) is 9.29 Å². The van der Waals surface area contributed by atoms with Crippen LogP contribution in [-0.4, -0.2) is 32.6 Å². The lowest BCUT2D eigenvalue weighted by atomic mass is 10.3. The number of benzene rings is 1. The number of ether oxygens (including phenoxy) is 1. The molecule has 7 nitrogen and oxygen atoms in total. The van der Waals surface area contributed by atoms with Crippen molar-refractivity contribution in [3.63, 3.8) is 0 Å². The fourth-order valence-electron chi connectivity index (χ4n) is 1.94. The third kappa shape index (κ3) is 4.09. The smallest absolute Gasteiger partial charge is 0.387 e. The maximum absolute atomic E-state index is 12.2. The van der Waals surface area contributed by atoms with Crippen molar-refractivity contribution in [2.45, 2.75) is 11.5 Å². The van der Waals surface area contributed by atoms with Crippen LogP contribution < -0.4 is 14.8 Å². The Morgan fingerprint density at radius 2 is 1.88 bits per heavy atom. The fourth-order valence-corrected chi connectivity index (χ4v) is 2.74. The predicted octanol–water partition coefficient (Wildman–Crippen LogP) is 1.79. The zero-order chi connectivity index (χ0) is 17.9. The zero-order valence-electron chi connectivity index (χ0n) is 12.8. The van der Waals surface area contributed by atoms with Crippen molar-refractivity contribution >= 4 is 21.6 Å². The molecule has 0 spiro atoms. The van der Waals surface area contributed by atoms with Crippen molar-refractivity contribution in [3.8, 4) is 5.75 Å². The van der Waals surface area contributed by atoms with Gasteiger partial charge in [0.1, 0.15) is 16.3 Å². The van der Waals surface area contributed by atoms with Crippen LogP contribution in [0.25, 0.3) is 0 Å². The molecule has 2 N–H and O–H groups in total. The normalized spacial score (nSPS) is 11.5. The molecule has 0 aliphatic heterocycles. The van der Waals surface area contributed by atoms with Gasteiger partial charge in [0.25, 0.3) is 5.91 Å². The Hall–Kier alpha value is -2.46. The highest BCUT2D eigenvalue weighted by molar-refractivity contribution is 7.89. The molecular formula is C14H15F2N3O4S. The van der Waals surface area contributed by atoms with Gasteiger partial charge in [-0.05, 0) is 37.4 Å². The molecule has 1 heterocycles. The minimum absolute atomic E-state index is 0.0377. The van der Waals surface area contributed by atoms with Crippen molar-refractivity contribution in [2.75, 3.05) is 12.4 Å². The van der Waals surface area contributed by atoms with Crippen molar-refractivity contribution in [2.24, 2.45) is 7.05 Å². The van der Waals surface area contributed by atoms with Gasteiger partial charge in [0.05, 0.1) is 0 Å². The third-order valence-electron chi connectivity index (χ3n) is 3.13. The first-order chi connectivity index (χ1) is 11.2. The molecule has 2 rings (SSSR count). The van der Waals surface area contributed by atoms with Gasteiger partial charge in [-0.15, -0.1) is 0 Å². The Kier molecular flexibility index (Phi) is 5.20. The van der Waals surface area contributed by atoms with Gasteiger partial charge in [0.2, 0.25) is 10.0 Å². The summed E-state index contributed by atoms with van der Waals surface area (Å²) in [6.07, 6.45) is 1.31. The first kappa shape index (κ1) is 17.9. The highest BCUT2D eigenvalue weighted by Crippen LogP contribution is 2.19. The maximum Gasteiger partial charge on any atom is 0.387 e. The van der Waals surface area contributed by atoms with Gasteiger partial charge in [-0.3, -0.25) is 4.79 Å². The van der Waals surface area contributed by atoms with Crippen molar-refractivity contribution in [1.29, 1.82) is 0 Å². The predicted molar refractivity (Wildman–Crippen MR) is 82.7 cm³/mol. The van der Waals surface area contributed by atoms with Crippen LogP contribution in [0.3, 0.4) is 0 Å². The molecular weight excluding hydrogens is 344 g/mol. The summed E-state index contributed by atoms with van der Waals surface area (Å²) >= 11 is 0. The summed E-state index contributed by atoms with van der Waals surface area (Å²) < 4.78 is 55.4. The molecule has 0 unspecified atom stereocenters. The van der Waals surface area contributed by atoms with E-state index in [1.54, 1.807) is 0 Å². The van der Waals surface area contributed by atoms with E-state index in [0.717, 1.165) is 0 Å². The van der Waals surface area contributed by atoms with E-state index in [1.807, 2.05) is 0 Å². The molecule has 0 aliphatic rings. The number of carbonyl (C=O) groups is 1. The van der Waals surface area contributed by atoms with Gasteiger partial charge in [-0.1, -0.05) is 0 Å². The number of nitrogens with zero attached hydrogens (tertiary/aromatic N) is 1. The summed E-state index contributed by atoms with van der Waals surface area (Å²) in [4.78, 5) is 12.2. The molecule has 0 bridgehead atoms. The standard InChI is InChI=1S/C14H15F2N3O4S/c1-17-24(21,22)11-7-12(19(2)8-11)13(20)18-9-3-5-10(6-4-9)23-14(15)16/h3-8,14,17H,1-2H3,(H,18,20). The first-order valence-electron chi connectivity index (χ1n) is 6.69. The number of rotatable bonds is 6. The molecule has 0 saturated heterocycles. The number of hydrogen-bond acceptors (Lipinski definition) is 4. The largest absolute Gasteiger partial charge is 0.435 e. The minimum Gasteiger partial charge on any atom is -0.435 e. The third-order valence-corrected chi connectivity index (χ3v) is 4.51. The molecule has 10 heteroatoms. The Morgan fingerprint density at radius 1 is 1.25 bits per heavy atom. The highest BCUT2D eigenvalue weighted by atomic mass is 32.2. The average Bonchev–Trinajstić information content (AvgIpc) is 2.91. The van der Waals surface area contributed by atoms with Gasteiger partial charge in [0, 0.05) is 18.9 Å². The van der Waals surface area contributed by atoms with E-state index in [2.05, 4.69) is 14.8 Å². The molecule has 1 amide bonds. The second-order valence-electron chi connectivity index (χ2n) is 4.74. The summed E-state index contributed by atoms with van der Waals surface area (Å²) in [6.45, 7) is -2.93. The summed E-state index contributed by atoms with van der Waals surface area (Å²) in [5.41, 5.74) is 0.470. The summed E-state index contributed by atoms with van der Waals surface area (Å²) in [7, 11) is -0.862. The van der Waals surface area contributed by atoms with E-state index < -0.39 is 22.5 Å². The van der Waals surface area contributed by atoms with Crippen LogP contribution in [-0.2, 0) is 17.1 Å². The SMILES string of the molecule is CNS(=O)(=O)c1cc(C(=O)Nc2ccc(OC(F)F)cc2)n(C)c1. The first-order valence-corrected chi connectivity index (χ1v) is 8.17. The van der Waals surface area contributed by atoms with Crippen LogP contribution in [0.4, 0.5) is 14.5 Å².